The minimum Gasteiger partial charge on any atom is -0.392 e. The summed E-state index contributed by atoms with van der Waals surface area (Å²) in [5, 5.41) is 22.4. The quantitative estimate of drug-likeness (QED) is 0.429. The van der Waals surface area contributed by atoms with Crippen molar-refractivity contribution < 1.29 is 10.2 Å². The Morgan fingerprint density at radius 1 is 0.750 bits per heavy atom. The molecule has 0 aromatic carbocycles. The molecule has 0 amide bonds. The zero-order valence-corrected chi connectivity index (χ0v) is 22.0. The first kappa shape index (κ1) is 23.4. The number of aliphatic hydroxyl groups is 2. The zero-order valence-electron chi connectivity index (χ0n) is 22.0. The van der Waals surface area contributed by atoms with E-state index >= 15 is 0 Å². The standard InChI is InChI=1S/C30H50O2/c1-18(2)19-11-13-27(5)15-16-28(6)20(25(19)27)9-10-22-29(28,7)14-12-21-26(3,4)23(31)17-24(32)30(21,22)8/h19-25,31-32H,1,9-17H2,2-8H3/t19-,20+,21-,22-,23-,24-,25+,27+,28+,29+,30-/m0/s1. The third-order valence-corrected chi connectivity index (χ3v) is 13.6. The van der Waals surface area contributed by atoms with Crippen LogP contribution in [0.15, 0.2) is 12.2 Å². The molecule has 5 aliphatic carbocycles. The van der Waals surface area contributed by atoms with Gasteiger partial charge in [-0.3, -0.25) is 0 Å². The molecule has 0 aromatic heterocycles. The molecule has 11 atom stereocenters. The van der Waals surface area contributed by atoms with Crippen LogP contribution in [0.25, 0.3) is 0 Å². The van der Waals surface area contributed by atoms with Gasteiger partial charge in [0.15, 0.2) is 0 Å². The summed E-state index contributed by atoms with van der Waals surface area (Å²) in [4.78, 5) is 0. The third kappa shape index (κ3) is 2.61. The molecule has 0 unspecified atom stereocenters. The summed E-state index contributed by atoms with van der Waals surface area (Å²) in [5.74, 6) is 3.22. The fourth-order valence-electron chi connectivity index (χ4n) is 11.4. The molecule has 0 spiro atoms. The Kier molecular flexibility index (Phi) is 5.02. The van der Waals surface area contributed by atoms with Gasteiger partial charge in [0.1, 0.15) is 0 Å². The van der Waals surface area contributed by atoms with Gasteiger partial charge in [-0.2, -0.15) is 0 Å². The molecule has 2 N–H and O–H groups in total. The molecule has 182 valence electrons. The normalized spacial score (nSPS) is 58.8. The minimum absolute atomic E-state index is 0.0894. The number of hydrogen-bond acceptors (Lipinski definition) is 2. The van der Waals surface area contributed by atoms with E-state index in [1.807, 2.05) is 0 Å². The van der Waals surface area contributed by atoms with Crippen molar-refractivity contribution in [1.82, 2.24) is 0 Å². The predicted octanol–water partition coefficient (Wildman–Crippen LogP) is 7.00. The van der Waals surface area contributed by atoms with E-state index in [4.69, 9.17) is 0 Å². The Hall–Kier alpha value is -0.340. The van der Waals surface area contributed by atoms with Gasteiger partial charge in [0, 0.05) is 11.8 Å². The lowest BCUT2D eigenvalue weighted by atomic mass is 9.32. The zero-order chi connectivity index (χ0) is 23.5. The van der Waals surface area contributed by atoms with Crippen LogP contribution >= 0.6 is 0 Å². The van der Waals surface area contributed by atoms with Crippen molar-refractivity contribution in [3.63, 3.8) is 0 Å². The first-order chi connectivity index (χ1) is 14.7. The van der Waals surface area contributed by atoms with Gasteiger partial charge in [0.2, 0.25) is 0 Å². The number of aliphatic hydroxyl groups excluding tert-OH is 2. The summed E-state index contributed by atoms with van der Waals surface area (Å²) >= 11 is 0. The first-order valence-corrected chi connectivity index (χ1v) is 13.7. The average molecular weight is 443 g/mol. The van der Waals surface area contributed by atoms with Crippen LogP contribution in [0.2, 0.25) is 0 Å². The van der Waals surface area contributed by atoms with E-state index in [0.717, 1.165) is 18.3 Å². The SMILES string of the molecule is C=C(C)[C@@H]1CC[C@]2(C)CC[C@]3(C)[C@H](CC[C@@H]4[C@@]5(C)[C@@H](O)C[C@H](O)C(C)(C)[C@@H]5CC[C@]43C)[C@@H]12. The van der Waals surface area contributed by atoms with Gasteiger partial charge in [-0.25, -0.2) is 0 Å². The van der Waals surface area contributed by atoms with Crippen LogP contribution in [0.5, 0.6) is 0 Å². The Labute approximate surface area is 197 Å². The van der Waals surface area contributed by atoms with Gasteiger partial charge < -0.3 is 10.2 Å². The van der Waals surface area contributed by atoms with E-state index in [-0.39, 0.29) is 22.3 Å². The highest BCUT2D eigenvalue weighted by atomic mass is 16.3. The van der Waals surface area contributed by atoms with Gasteiger partial charge in [-0.05, 0) is 110 Å². The smallest absolute Gasteiger partial charge is 0.0624 e. The van der Waals surface area contributed by atoms with Gasteiger partial charge in [-0.15, -0.1) is 0 Å². The van der Waals surface area contributed by atoms with Crippen molar-refractivity contribution in [2.75, 3.05) is 0 Å². The summed E-state index contributed by atoms with van der Waals surface area (Å²) in [6.07, 6.45) is 10.2. The molecule has 5 fully saturated rings. The molecule has 2 nitrogen and oxygen atoms in total. The summed E-state index contributed by atoms with van der Waals surface area (Å²) in [7, 11) is 0. The molecule has 0 saturated heterocycles. The predicted molar refractivity (Wildman–Crippen MR) is 132 cm³/mol. The van der Waals surface area contributed by atoms with Crippen molar-refractivity contribution in [2.24, 2.45) is 56.7 Å². The maximum atomic E-state index is 11.5. The van der Waals surface area contributed by atoms with Crippen LogP contribution in [0, 0.1) is 56.7 Å². The summed E-state index contributed by atoms with van der Waals surface area (Å²) in [5.41, 5.74) is 2.32. The molecular weight excluding hydrogens is 392 g/mol. The lowest BCUT2D eigenvalue weighted by Crippen LogP contribution is -2.69. The van der Waals surface area contributed by atoms with Crippen LogP contribution < -0.4 is 0 Å². The molecule has 32 heavy (non-hydrogen) atoms. The Morgan fingerprint density at radius 3 is 2.09 bits per heavy atom. The molecule has 0 radical (unpaired) electrons. The summed E-state index contributed by atoms with van der Waals surface area (Å²) in [6, 6.07) is 0. The fraction of sp³-hybridized carbons (Fsp3) is 0.933. The molecule has 5 saturated carbocycles. The second-order valence-corrected chi connectivity index (χ2v) is 14.8. The minimum atomic E-state index is -0.392. The van der Waals surface area contributed by atoms with Crippen LogP contribution in [-0.2, 0) is 0 Å². The highest BCUT2D eigenvalue weighted by Crippen LogP contribution is 2.77. The third-order valence-electron chi connectivity index (χ3n) is 13.6. The maximum Gasteiger partial charge on any atom is 0.0624 e. The van der Waals surface area contributed by atoms with Gasteiger partial charge >= 0.3 is 0 Å². The van der Waals surface area contributed by atoms with E-state index in [9.17, 15) is 10.2 Å². The molecule has 5 rings (SSSR count). The highest BCUT2D eigenvalue weighted by Gasteiger charge is 2.71. The van der Waals surface area contributed by atoms with Crippen LogP contribution in [0.1, 0.15) is 106 Å². The molecule has 0 heterocycles. The molecule has 0 bridgehead atoms. The van der Waals surface area contributed by atoms with E-state index < -0.39 is 6.10 Å². The van der Waals surface area contributed by atoms with E-state index in [1.165, 1.54) is 50.5 Å². The van der Waals surface area contributed by atoms with E-state index in [2.05, 4.69) is 55.0 Å². The number of rotatable bonds is 1. The Bertz CT molecular complexity index is 801. The van der Waals surface area contributed by atoms with E-state index in [0.29, 0.717) is 35.0 Å². The van der Waals surface area contributed by atoms with Crippen LogP contribution in [0.4, 0.5) is 0 Å². The molecule has 2 heteroatoms. The first-order valence-electron chi connectivity index (χ1n) is 13.7. The highest BCUT2D eigenvalue weighted by molar-refractivity contribution is 5.22. The van der Waals surface area contributed by atoms with Gasteiger partial charge in [-0.1, -0.05) is 53.7 Å². The topological polar surface area (TPSA) is 40.5 Å². The monoisotopic (exact) mass is 442 g/mol. The summed E-state index contributed by atoms with van der Waals surface area (Å²) in [6.45, 7) is 21.6. The van der Waals surface area contributed by atoms with E-state index in [1.54, 1.807) is 0 Å². The Balaban J connectivity index is 1.57. The van der Waals surface area contributed by atoms with Crippen molar-refractivity contribution >= 4 is 0 Å². The van der Waals surface area contributed by atoms with Gasteiger partial charge in [0.25, 0.3) is 0 Å². The lowest BCUT2D eigenvalue weighted by Gasteiger charge is -2.73. The maximum absolute atomic E-state index is 11.5. The Morgan fingerprint density at radius 2 is 1.44 bits per heavy atom. The van der Waals surface area contributed by atoms with Crippen molar-refractivity contribution in [2.45, 2.75) is 118 Å². The van der Waals surface area contributed by atoms with Crippen LogP contribution in [0.3, 0.4) is 0 Å². The van der Waals surface area contributed by atoms with Gasteiger partial charge in [0.05, 0.1) is 12.2 Å². The van der Waals surface area contributed by atoms with Crippen molar-refractivity contribution in [3.8, 4) is 0 Å². The molecule has 0 aliphatic heterocycles. The van der Waals surface area contributed by atoms with Crippen LogP contribution in [-0.4, -0.2) is 22.4 Å². The molecule has 5 aliphatic rings. The largest absolute Gasteiger partial charge is 0.392 e. The molecular formula is C30H50O2. The average Bonchev–Trinajstić information content (AvgIpc) is 3.05. The second kappa shape index (κ2) is 6.87. The fourth-order valence-corrected chi connectivity index (χ4v) is 11.4. The summed E-state index contributed by atoms with van der Waals surface area (Å²) < 4.78 is 0. The molecule has 0 aromatic rings. The lowest BCUT2D eigenvalue weighted by molar-refractivity contribution is -0.273. The number of fused-ring (bicyclic) bond motifs is 7. The second-order valence-electron chi connectivity index (χ2n) is 14.8. The van der Waals surface area contributed by atoms with Crippen molar-refractivity contribution in [1.29, 1.82) is 0 Å². The number of hydrogen-bond donors (Lipinski definition) is 2. The van der Waals surface area contributed by atoms with Crippen molar-refractivity contribution in [3.05, 3.63) is 12.2 Å². The number of allylic oxidation sites excluding steroid dienone is 1.